The smallest absolute Gasteiger partial charge is 0.0833 e. The minimum absolute atomic E-state index is 0. The van der Waals surface area contributed by atoms with Crippen LogP contribution < -0.4 is 0 Å². The van der Waals surface area contributed by atoms with Gasteiger partial charge in [-0.05, 0) is 19.3 Å². The normalized spacial score (nSPS) is 43.4. The summed E-state index contributed by atoms with van der Waals surface area (Å²) >= 11 is 0. The maximum Gasteiger partial charge on any atom is 0.0833 e. The van der Waals surface area contributed by atoms with Crippen molar-refractivity contribution in [3.63, 3.8) is 0 Å². The summed E-state index contributed by atoms with van der Waals surface area (Å²) in [5, 5.41) is 0. The second-order valence-electron chi connectivity index (χ2n) is 5.54. The van der Waals surface area contributed by atoms with E-state index in [0.29, 0.717) is 0 Å². The Labute approximate surface area is 83.7 Å². The van der Waals surface area contributed by atoms with Crippen molar-refractivity contribution in [1.29, 1.82) is 0 Å². The fourth-order valence-corrected chi connectivity index (χ4v) is 2.96. The maximum absolute atomic E-state index is 2.49. The van der Waals surface area contributed by atoms with E-state index in [0.717, 1.165) is 11.5 Å². The predicted molar refractivity (Wildman–Crippen MR) is 58.7 cm³/mol. The molecule has 1 nitrogen and oxygen atoms in total. The maximum atomic E-state index is 2.49. The molecule has 0 spiro atoms. The van der Waals surface area contributed by atoms with Crippen LogP contribution in [0.15, 0.2) is 0 Å². The van der Waals surface area contributed by atoms with Gasteiger partial charge in [-0.2, -0.15) is 0 Å². The van der Waals surface area contributed by atoms with Crippen LogP contribution in [0.5, 0.6) is 0 Å². The predicted octanol–water partition coefficient (Wildman–Crippen LogP) is 3.05. The number of fused-ring (bicyclic) bond motifs is 3. The van der Waals surface area contributed by atoms with E-state index < -0.39 is 0 Å². The molecule has 3 heterocycles. The molecule has 0 aromatic heterocycles. The Bertz CT molecular complexity index is 159. The molecule has 0 amide bonds. The quantitative estimate of drug-likeness (QED) is 0.549. The Hall–Kier alpha value is -0.0400. The summed E-state index contributed by atoms with van der Waals surface area (Å²) in [6.07, 6.45) is 4.43. The first kappa shape index (κ1) is 11.0. The topological polar surface area (TPSA) is 0 Å². The highest BCUT2D eigenvalue weighted by Gasteiger charge is 2.47. The number of hydrogen-bond acceptors (Lipinski definition) is 0. The van der Waals surface area contributed by atoms with Gasteiger partial charge in [-0.15, -0.1) is 0 Å². The lowest BCUT2D eigenvalue weighted by Crippen LogP contribution is -2.64. The second-order valence-corrected chi connectivity index (χ2v) is 5.54. The molecule has 1 heteroatoms. The van der Waals surface area contributed by atoms with E-state index in [-0.39, 0.29) is 7.43 Å². The summed E-state index contributed by atoms with van der Waals surface area (Å²) in [6.45, 7) is 11.6. The molecule has 13 heavy (non-hydrogen) atoms. The lowest BCUT2D eigenvalue weighted by Gasteiger charge is -2.55. The lowest BCUT2D eigenvalue weighted by molar-refractivity contribution is -0.963. The average molecular weight is 184 g/mol. The molecular weight excluding hydrogens is 158 g/mol. The molecule has 0 atom stereocenters. The van der Waals surface area contributed by atoms with Gasteiger partial charge >= 0.3 is 0 Å². The summed E-state index contributed by atoms with van der Waals surface area (Å²) < 4.78 is 1.43. The number of nitrogens with zero attached hydrogens (tertiary/aromatic N) is 1. The molecular formula is C12H26N+. The van der Waals surface area contributed by atoms with Crippen molar-refractivity contribution in [1.82, 2.24) is 0 Å². The standard InChI is InChI=1S/C11H22N.CH4/c1-10(2)12-7-4-11(3,5-8-12)6-9-12;/h10H,4-9H2,1-3H3;1H4/q+1;. The van der Waals surface area contributed by atoms with E-state index in [9.17, 15) is 0 Å². The van der Waals surface area contributed by atoms with Crippen LogP contribution in [0, 0.1) is 5.41 Å². The molecule has 2 bridgehead atoms. The van der Waals surface area contributed by atoms with Gasteiger partial charge in [-0.3, -0.25) is 0 Å². The molecule has 3 aliphatic rings. The van der Waals surface area contributed by atoms with Gasteiger partial charge in [-0.25, -0.2) is 0 Å². The molecule has 3 saturated heterocycles. The van der Waals surface area contributed by atoms with E-state index in [2.05, 4.69) is 20.8 Å². The van der Waals surface area contributed by atoms with Crippen LogP contribution >= 0.6 is 0 Å². The molecule has 78 valence electrons. The number of piperidine rings is 3. The zero-order valence-electron chi connectivity index (χ0n) is 8.77. The Morgan fingerprint density at radius 3 is 1.69 bits per heavy atom. The van der Waals surface area contributed by atoms with Gasteiger partial charge in [0.1, 0.15) is 0 Å². The van der Waals surface area contributed by atoms with Crippen LogP contribution in [0.3, 0.4) is 0 Å². The largest absolute Gasteiger partial charge is 0.322 e. The third kappa shape index (κ3) is 1.63. The fourth-order valence-electron chi connectivity index (χ4n) is 2.96. The summed E-state index contributed by atoms with van der Waals surface area (Å²) in [5.74, 6) is 0. The first-order chi connectivity index (χ1) is 5.56. The second kappa shape index (κ2) is 3.27. The van der Waals surface area contributed by atoms with Gasteiger partial charge < -0.3 is 4.48 Å². The summed E-state index contributed by atoms with van der Waals surface area (Å²) in [5.41, 5.74) is 0.731. The molecule has 0 saturated carbocycles. The zero-order chi connectivity index (χ0) is 8.82. The molecule has 3 aliphatic heterocycles. The molecule has 0 aromatic carbocycles. The van der Waals surface area contributed by atoms with Crippen molar-refractivity contribution < 1.29 is 4.48 Å². The Balaban J connectivity index is 0.000000845. The third-order valence-electron chi connectivity index (χ3n) is 4.58. The van der Waals surface area contributed by atoms with Crippen LogP contribution in [0.4, 0.5) is 0 Å². The van der Waals surface area contributed by atoms with Crippen molar-refractivity contribution in [3.05, 3.63) is 0 Å². The van der Waals surface area contributed by atoms with E-state index in [1.54, 1.807) is 0 Å². The highest BCUT2D eigenvalue weighted by molar-refractivity contribution is 4.83. The van der Waals surface area contributed by atoms with Crippen molar-refractivity contribution in [3.8, 4) is 0 Å². The third-order valence-corrected chi connectivity index (χ3v) is 4.58. The number of rotatable bonds is 1. The van der Waals surface area contributed by atoms with E-state index in [4.69, 9.17) is 0 Å². The monoisotopic (exact) mass is 184 g/mol. The highest BCUT2D eigenvalue weighted by atomic mass is 15.4. The Kier molecular flexibility index (Phi) is 2.78. The van der Waals surface area contributed by atoms with Gasteiger partial charge in [0.2, 0.25) is 0 Å². The van der Waals surface area contributed by atoms with Crippen molar-refractivity contribution in [2.75, 3.05) is 19.6 Å². The van der Waals surface area contributed by atoms with Crippen LogP contribution in [-0.4, -0.2) is 30.2 Å². The van der Waals surface area contributed by atoms with Crippen molar-refractivity contribution >= 4 is 0 Å². The minimum Gasteiger partial charge on any atom is -0.322 e. The summed E-state index contributed by atoms with van der Waals surface area (Å²) in [7, 11) is 0. The molecule has 0 unspecified atom stereocenters. The van der Waals surface area contributed by atoms with Crippen molar-refractivity contribution in [2.24, 2.45) is 5.41 Å². The van der Waals surface area contributed by atoms with E-state index >= 15 is 0 Å². The molecule has 0 N–H and O–H groups in total. The average Bonchev–Trinajstić information content (AvgIpc) is 2.06. The SMILES string of the molecule is C.CC(C)[N+]12CCC(C)(CC1)CC2. The first-order valence-corrected chi connectivity index (χ1v) is 5.42. The van der Waals surface area contributed by atoms with Crippen molar-refractivity contribution in [2.45, 2.75) is 53.5 Å². The van der Waals surface area contributed by atoms with Crippen LogP contribution in [0.1, 0.15) is 47.5 Å². The Morgan fingerprint density at radius 2 is 1.38 bits per heavy atom. The number of quaternary nitrogens is 1. The van der Waals surface area contributed by atoms with Gasteiger partial charge in [-0.1, -0.05) is 14.4 Å². The van der Waals surface area contributed by atoms with Crippen LogP contribution in [0.25, 0.3) is 0 Å². The Morgan fingerprint density at radius 1 is 1.00 bits per heavy atom. The molecule has 0 aromatic rings. The van der Waals surface area contributed by atoms with Gasteiger partial charge in [0.25, 0.3) is 0 Å². The van der Waals surface area contributed by atoms with Crippen LogP contribution in [-0.2, 0) is 0 Å². The number of hydrogen-bond donors (Lipinski definition) is 0. The van der Waals surface area contributed by atoms with Gasteiger partial charge in [0.15, 0.2) is 0 Å². The lowest BCUT2D eigenvalue weighted by atomic mass is 9.72. The summed E-state index contributed by atoms with van der Waals surface area (Å²) in [6, 6.07) is 0.856. The zero-order valence-corrected chi connectivity index (χ0v) is 8.77. The van der Waals surface area contributed by atoms with E-state index in [1.165, 1.54) is 43.4 Å². The fraction of sp³-hybridized carbons (Fsp3) is 1.00. The van der Waals surface area contributed by atoms with Gasteiger partial charge in [0.05, 0.1) is 25.7 Å². The highest BCUT2D eigenvalue weighted by Crippen LogP contribution is 2.44. The molecule has 3 rings (SSSR count). The van der Waals surface area contributed by atoms with E-state index in [1.807, 2.05) is 0 Å². The molecule has 0 radical (unpaired) electrons. The van der Waals surface area contributed by atoms with Gasteiger partial charge in [0, 0.05) is 19.3 Å². The molecule has 3 fully saturated rings. The summed E-state index contributed by atoms with van der Waals surface area (Å²) in [4.78, 5) is 0. The molecule has 0 aliphatic carbocycles. The first-order valence-electron chi connectivity index (χ1n) is 5.42. The van der Waals surface area contributed by atoms with Crippen LogP contribution in [0.2, 0.25) is 0 Å². The minimum atomic E-state index is 0.